The quantitative estimate of drug-likeness (QED) is 0.516. The van der Waals surface area contributed by atoms with E-state index in [1.165, 1.54) is 29.7 Å². The fourth-order valence-electron chi connectivity index (χ4n) is 5.56. The van der Waals surface area contributed by atoms with Gasteiger partial charge in [0.15, 0.2) is 5.65 Å². The third-order valence-electron chi connectivity index (χ3n) is 7.66. The number of rotatable bonds is 7. The Morgan fingerprint density at radius 3 is 2.74 bits per heavy atom. The van der Waals surface area contributed by atoms with Crippen molar-refractivity contribution in [2.24, 2.45) is 5.92 Å². The van der Waals surface area contributed by atoms with E-state index in [4.69, 9.17) is 26.4 Å². The molecule has 0 spiro atoms. The highest BCUT2D eigenvalue weighted by molar-refractivity contribution is 6.30. The molecule has 2 aromatic heterocycles. The lowest BCUT2D eigenvalue weighted by atomic mass is 9.93. The Morgan fingerprint density at radius 2 is 1.94 bits per heavy atom. The van der Waals surface area contributed by atoms with Gasteiger partial charge in [-0.1, -0.05) is 23.7 Å². The van der Waals surface area contributed by atoms with Crippen LogP contribution in [0.4, 0.5) is 0 Å². The second-order valence-corrected chi connectivity index (χ2v) is 10.4. The lowest BCUT2D eigenvalue weighted by Crippen LogP contribution is -2.36. The summed E-state index contributed by atoms with van der Waals surface area (Å²) in [6, 6.07) is 10.9. The highest BCUT2D eigenvalue weighted by Gasteiger charge is 2.26. The van der Waals surface area contributed by atoms with Crippen LogP contribution in [0.3, 0.4) is 0 Å². The number of piperidine rings is 1. The van der Waals surface area contributed by atoms with Gasteiger partial charge in [-0.15, -0.1) is 0 Å². The maximum absolute atomic E-state index is 6.07. The third-order valence-corrected chi connectivity index (χ3v) is 7.91. The van der Waals surface area contributed by atoms with Crippen LogP contribution in [0.5, 0.6) is 0 Å². The van der Waals surface area contributed by atoms with Crippen LogP contribution in [0.1, 0.15) is 61.0 Å². The monoisotopic (exact) mass is 481 g/mol. The van der Waals surface area contributed by atoms with Crippen LogP contribution < -0.4 is 5.32 Å². The molecule has 4 heterocycles. The van der Waals surface area contributed by atoms with Crippen molar-refractivity contribution in [2.75, 3.05) is 26.3 Å². The maximum Gasteiger partial charge on any atom is 0.159 e. The molecule has 6 nitrogen and oxygen atoms in total. The van der Waals surface area contributed by atoms with Crippen molar-refractivity contribution in [3.8, 4) is 0 Å². The standard InChI is InChI=1S/C27H36ClN5O/c1-19(22-10-14-34-15-11-22)30-16-25-20(2)31-33-26(9-12-29-27(25)33)23-4-3-13-32(18-23)17-21-5-7-24(28)8-6-21/h5-9,12,19,22-23,30H,3-4,10-11,13-18H2,1-2H3/t19?,23-/m0/s1. The molecule has 1 aromatic carbocycles. The highest BCUT2D eigenvalue weighted by atomic mass is 35.5. The second kappa shape index (κ2) is 10.7. The Balaban J connectivity index is 1.30. The van der Waals surface area contributed by atoms with Gasteiger partial charge in [0, 0.05) is 61.6 Å². The van der Waals surface area contributed by atoms with Crippen LogP contribution in [0.15, 0.2) is 36.5 Å². The number of hydrogen-bond donors (Lipinski definition) is 1. The smallest absolute Gasteiger partial charge is 0.159 e. The van der Waals surface area contributed by atoms with Crippen LogP contribution in [0.2, 0.25) is 5.02 Å². The summed E-state index contributed by atoms with van der Waals surface area (Å²) < 4.78 is 7.65. The molecule has 2 atom stereocenters. The maximum atomic E-state index is 6.07. The number of ether oxygens (including phenoxy) is 1. The van der Waals surface area contributed by atoms with Crippen LogP contribution in [0.25, 0.3) is 5.65 Å². The molecule has 1 unspecified atom stereocenters. The number of hydrogen-bond acceptors (Lipinski definition) is 5. The van der Waals surface area contributed by atoms with E-state index in [-0.39, 0.29) is 0 Å². The van der Waals surface area contributed by atoms with Gasteiger partial charge in [0.2, 0.25) is 0 Å². The Labute approximate surface area is 207 Å². The molecule has 0 aliphatic carbocycles. The summed E-state index contributed by atoms with van der Waals surface area (Å²) in [7, 11) is 0. The van der Waals surface area contributed by atoms with Gasteiger partial charge in [0.25, 0.3) is 0 Å². The van der Waals surface area contributed by atoms with Crippen LogP contribution in [-0.2, 0) is 17.8 Å². The number of aromatic nitrogens is 3. The van der Waals surface area contributed by atoms with Gasteiger partial charge in [-0.05, 0) is 75.8 Å². The van der Waals surface area contributed by atoms with Gasteiger partial charge >= 0.3 is 0 Å². The summed E-state index contributed by atoms with van der Waals surface area (Å²) in [6.07, 6.45) is 6.62. The minimum atomic E-state index is 0.452. The molecule has 0 bridgehead atoms. The van der Waals surface area contributed by atoms with E-state index in [9.17, 15) is 0 Å². The lowest BCUT2D eigenvalue weighted by Gasteiger charge is -2.33. The average molecular weight is 482 g/mol. The number of likely N-dealkylation sites (tertiary alicyclic amines) is 1. The van der Waals surface area contributed by atoms with E-state index < -0.39 is 0 Å². The molecule has 5 rings (SSSR count). The molecule has 1 N–H and O–H groups in total. The Kier molecular flexibility index (Phi) is 7.49. The first-order valence-corrected chi connectivity index (χ1v) is 13.1. The molecular formula is C27H36ClN5O. The topological polar surface area (TPSA) is 54.7 Å². The van der Waals surface area contributed by atoms with E-state index in [0.29, 0.717) is 17.9 Å². The summed E-state index contributed by atoms with van der Waals surface area (Å²) in [5, 5.41) is 9.51. The molecule has 2 saturated heterocycles. The van der Waals surface area contributed by atoms with Crippen LogP contribution in [-0.4, -0.2) is 51.8 Å². The SMILES string of the molecule is Cc1nn2c([C@H]3CCCN(Cc4ccc(Cl)cc4)C3)ccnc2c1CNC(C)C1CCOCC1. The first-order chi connectivity index (χ1) is 16.6. The van der Waals surface area contributed by atoms with Crippen molar-refractivity contribution >= 4 is 17.2 Å². The van der Waals surface area contributed by atoms with E-state index in [1.54, 1.807) is 0 Å². The molecule has 2 fully saturated rings. The zero-order chi connectivity index (χ0) is 23.5. The van der Waals surface area contributed by atoms with Gasteiger partial charge in [-0.2, -0.15) is 5.10 Å². The van der Waals surface area contributed by atoms with E-state index in [2.05, 4.69) is 46.8 Å². The summed E-state index contributed by atoms with van der Waals surface area (Å²) >= 11 is 6.07. The lowest BCUT2D eigenvalue weighted by molar-refractivity contribution is 0.0558. The third kappa shape index (κ3) is 5.30. The number of nitrogens with zero attached hydrogens (tertiary/aromatic N) is 4. The largest absolute Gasteiger partial charge is 0.381 e. The van der Waals surface area contributed by atoms with E-state index in [0.717, 1.165) is 68.6 Å². The minimum Gasteiger partial charge on any atom is -0.381 e. The molecule has 34 heavy (non-hydrogen) atoms. The number of halogens is 1. The van der Waals surface area contributed by atoms with Crippen molar-refractivity contribution in [1.29, 1.82) is 0 Å². The Bertz CT molecular complexity index is 1090. The molecule has 3 aromatic rings. The molecule has 2 aliphatic rings. The first kappa shape index (κ1) is 23.7. The van der Waals surface area contributed by atoms with Gasteiger partial charge < -0.3 is 10.1 Å². The van der Waals surface area contributed by atoms with Crippen molar-refractivity contribution in [1.82, 2.24) is 24.8 Å². The number of aryl methyl sites for hydroxylation is 1. The first-order valence-electron chi connectivity index (χ1n) is 12.7. The van der Waals surface area contributed by atoms with Crippen LogP contribution >= 0.6 is 11.6 Å². The van der Waals surface area contributed by atoms with Crippen molar-refractivity contribution < 1.29 is 4.74 Å². The molecular weight excluding hydrogens is 446 g/mol. The van der Waals surface area contributed by atoms with Crippen molar-refractivity contribution in [2.45, 2.75) is 64.6 Å². The number of benzene rings is 1. The van der Waals surface area contributed by atoms with Gasteiger partial charge in [-0.25, -0.2) is 9.50 Å². The Morgan fingerprint density at radius 1 is 1.15 bits per heavy atom. The summed E-state index contributed by atoms with van der Waals surface area (Å²) in [6.45, 7) is 10.1. The van der Waals surface area contributed by atoms with Gasteiger partial charge in [-0.3, -0.25) is 4.90 Å². The molecule has 2 aliphatic heterocycles. The fourth-order valence-corrected chi connectivity index (χ4v) is 5.69. The molecule has 0 saturated carbocycles. The Hall–Kier alpha value is -1.99. The molecule has 7 heteroatoms. The zero-order valence-corrected chi connectivity index (χ0v) is 21.1. The van der Waals surface area contributed by atoms with Crippen molar-refractivity contribution in [3.05, 3.63) is 64.1 Å². The minimum absolute atomic E-state index is 0.452. The van der Waals surface area contributed by atoms with Gasteiger partial charge in [0.1, 0.15) is 0 Å². The molecule has 0 radical (unpaired) electrons. The zero-order valence-electron chi connectivity index (χ0n) is 20.3. The van der Waals surface area contributed by atoms with Crippen LogP contribution in [0, 0.1) is 12.8 Å². The summed E-state index contributed by atoms with van der Waals surface area (Å²) in [5.41, 5.74) is 5.87. The van der Waals surface area contributed by atoms with Gasteiger partial charge in [0.05, 0.1) is 11.4 Å². The number of nitrogens with one attached hydrogen (secondary N) is 1. The van der Waals surface area contributed by atoms with E-state index in [1.807, 2.05) is 18.3 Å². The second-order valence-electron chi connectivity index (χ2n) is 9.99. The predicted octanol–water partition coefficient (Wildman–Crippen LogP) is 4.98. The summed E-state index contributed by atoms with van der Waals surface area (Å²) in [5.74, 6) is 1.13. The molecule has 0 amide bonds. The number of fused-ring (bicyclic) bond motifs is 1. The van der Waals surface area contributed by atoms with E-state index >= 15 is 0 Å². The average Bonchev–Trinajstić information content (AvgIpc) is 3.19. The summed E-state index contributed by atoms with van der Waals surface area (Å²) in [4.78, 5) is 7.31. The fraction of sp³-hybridized carbons (Fsp3) is 0.556. The molecule has 182 valence electrons. The van der Waals surface area contributed by atoms with Crippen molar-refractivity contribution in [3.63, 3.8) is 0 Å². The predicted molar refractivity (Wildman–Crippen MR) is 136 cm³/mol. The normalized spacial score (nSPS) is 21.2. The highest BCUT2D eigenvalue weighted by Crippen LogP contribution is 2.29.